The third-order valence-corrected chi connectivity index (χ3v) is 4.48. The van der Waals surface area contributed by atoms with Crippen molar-refractivity contribution in [1.29, 1.82) is 0 Å². The molecule has 0 unspecified atom stereocenters. The third-order valence-electron chi connectivity index (χ3n) is 4.48. The Bertz CT molecular complexity index is 800. The minimum absolute atomic E-state index is 0.0417. The van der Waals surface area contributed by atoms with Gasteiger partial charge in [-0.1, -0.05) is 30.3 Å². The van der Waals surface area contributed by atoms with Crippen molar-refractivity contribution in [2.45, 2.75) is 37.8 Å². The number of anilines is 1. The minimum atomic E-state index is -0.508. The second kappa shape index (κ2) is 9.73. The van der Waals surface area contributed by atoms with E-state index in [1.54, 1.807) is 24.3 Å². The number of hydrogen-bond acceptors (Lipinski definition) is 4. The summed E-state index contributed by atoms with van der Waals surface area (Å²) in [5.41, 5.74) is 0.665. The normalized spacial score (nSPS) is 18.8. The summed E-state index contributed by atoms with van der Waals surface area (Å²) in [5.74, 6) is -0.798. The molecular formula is C21H23FN2O4. The van der Waals surface area contributed by atoms with Gasteiger partial charge in [0.1, 0.15) is 6.10 Å². The fourth-order valence-electron chi connectivity index (χ4n) is 3.18. The van der Waals surface area contributed by atoms with Crippen LogP contribution in [0.4, 0.5) is 14.9 Å². The summed E-state index contributed by atoms with van der Waals surface area (Å²) in [6, 6.07) is 14.9. The number of nitrogens with one attached hydrogen (secondary N) is 2. The highest BCUT2D eigenvalue weighted by atomic mass is 19.1. The molecule has 0 aliphatic heterocycles. The monoisotopic (exact) mass is 386 g/mol. The SMILES string of the molecule is O=C(COc1ccccc1F)N[C@H]1CCC[C@H](OC(=O)Nc2ccccc2)C1. The lowest BCUT2D eigenvalue weighted by Crippen LogP contribution is -2.43. The van der Waals surface area contributed by atoms with E-state index >= 15 is 0 Å². The summed E-state index contributed by atoms with van der Waals surface area (Å²) in [6.45, 7) is -0.266. The topological polar surface area (TPSA) is 76.7 Å². The van der Waals surface area contributed by atoms with Crippen molar-refractivity contribution < 1.29 is 23.5 Å². The summed E-state index contributed by atoms with van der Waals surface area (Å²) in [5, 5.41) is 5.55. The van der Waals surface area contributed by atoms with Gasteiger partial charge in [-0.2, -0.15) is 0 Å². The molecule has 1 saturated carbocycles. The number of carbonyl (C=O) groups excluding carboxylic acids is 2. The maximum absolute atomic E-state index is 13.5. The van der Waals surface area contributed by atoms with Crippen LogP contribution in [0, 0.1) is 5.82 Å². The molecule has 1 aliphatic rings. The molecule has 0 aromatic heterocycles. The number of ether oxygens (including phenoxy) is 2. The van der Waals surface area contributed by atoms with Crippen LogP contribution in [0.2, 0.25) is 0 Å². The smallest absolute Gasteiger partial charge is 0.411 e. The van der Waals surface area contributed by atoms with Crippen LogP contribution in [-0.2, 0) is 9.53 Å². The maximum atomic E-state index is 13.5. The molecule has 0 radical (unpaired) electrons. The predicted octanol–water partition coefficient (Wildman–Crippen LogP) is 3.88. The van der Waals surface area contributed by atoms with E-state index in [2.05, 4.69) is 10.6 Å². The number of para-hydroxylation sites is 2. The average molecular weight is 386 g/mol. The summed E-state index contributed by atoms with van der Waals surface area (Å²) in [7, 11) is 0. The molecule has 2 aromatic rings. The van der Waals surface area contributed by atoms with Crippen LogP contribution in [0.5, 0.6) is 5.75 Å². The Kier molecular flexibility index (Phi) is 6.84. The van der Waals surface area contributed by atoms with E-state index in [1.807, 2.05) is 18.2 Å². The van der Waals surface area contributed by atoms with Crippen molar-refractivity contribution in [3.63, 3.8) is 0 Å². The first-order valence-corrected chi connectivity index (χ1v) is 9.29. The van der Waals surface area contributed by atoms with E-state index in [4.69, 9.17) is 9.47 Å². The Labute approximate surface area is 163 Å². The third kappa shape index (κ3) is 5.97. The van der Waals surface area contributed by atoms with Crippen molar-refractivity contribution in [2.24, 2.45) is 0 Å². The average Bonchev–Trinajstić information content (AvgIpc) is 2.68. The minimum Gasteiger partial charge on any atom is -0.481 e. The molecule has 148 valence electrons. The molecule has 2 amide bonds. The van der Waals surface area contributed by atoms with Crippen molar-refractivity contribution in [3.8, 4) is 5.75 Å². The molecule has 28 heavy (non-hydrogen) atoms. The zero-order valence-corrected chi connectivity index (χ0v) is 15.4. The van der Waals surface area contributed by atoms with Crippen LogP contribution < -0.4 is 15.4 Å². The predicted molar refractivity (Wildman–Crippen MR) is 103 cm³/mol. The van der Waals surface area contributed by atoms with Crippen molar-refractivity contribution in [1.82, 2.24) is 5.32 Å². The van der Waals surface area contributed by atoms with Gasteiger partial charge < -0.3 is 14.8 Å². The summed E-state index contributed by atoms with van der Waals surface area (Å²) in [6.07, 6.45) is 2.14. The quantitative estimate of drug-likeness (QED) is 0.790. The lowest BCUT2D eigenvalue weighted by atomic mass is 9.93. The number of carbonyl (C=O) groups is 2. The molecule has 0 spiro atoms. The van der Waals surface area contributed by atoms with Gasteiger partial charge in [0, 0.05) is 18.2 Å². The van der Waals surface area contributed by atoms with Crippen LogP contribution in [0.1, 0.15) is 25.7 Å². The van der Waals surface area contributed by atoms with Crippen LogP contribution in [0.15, 0.2) is 54.6 Å². The highest BCUT2D eigenvalue weighted by molar-refractivity contribution is 5.84. The Morgan fingerprint density at radius 2 is 1.79 bits per heavy atom. The fourth-order valence-corrected chi connectivity index (χ4v) is 3.18. The van der Waals surface area contributed by atoms with E-state index in [9.17, 15) is 14.0 Å². The second-order valence-corrected chi connectivity index (χ2v) is 6.67. The summed E-state index contributed by atoms with van der Waals surface area (Å²) >= 11 is 0. The van der Waals surface area contributed by atoms with Gasteiger partial charge in [0.2, 0.25) is 0 Å². The number of benzene rings is 2. The molecule has 2 aromatic carbocycles. The lowest BCUT2D eigenvalue weighted by molar-refractivity contribution is -0.124. The molecular weight excluding hydrogens is 363 g/mol. The first kappa shape index (κ1) is 19.7. The van der Waals surface area contributed by atoms with E-state index in [-0.39, 0.29) is 30.4 Å². The fraction of sp³-hybridized carbons (Fsp3) is 0.333. The van der Waals surface area contributed by atoms with Crippen molar-refractivity contribution >= 4 is 17.7 Å². The highest BCUT2D eigenvalue weighted by Gasteiger charge is 2.26. The van der Waals surface area contributed by atoms with Gasteiger partial charge in [0.15, 0.2) is 18.2 Å². The molecule has 7 heteroatoms. The Balaban J connectivity index is 1.42. The van der Waals surface area contributed by atoms with Crippen LogP contribution in [0.25, 0.3) is 0 Å². The first-order valence-electron chi connectivity index (χ1n) is 9.29. The zero-order chi connectivity index (χ0) is 19.8. The molecule has 6 nitrogen and oxygen atoms in total. The Morgan fingerprint density at radius 1 is 1.04 bits per heavy atom. The van der Waals surface area contributed by atoms with Gasteiger partial charge in [-0.25, -0.2) is 9.18 Å². The summed E-state index contributed by atoms with van der Waals surface area (Å²) < 4.78 is 24.2. The van der Waals surface area contributed by atoms with E-state index < -0.39 is 11.9 Å². The van der Waals surface area contributed by atoms with Crippen molar-refractivity contribution in [2.75, 3.05) is 11.9 Å². The van der Waals surface area contributed by atoms with Crippen molar-refractivity contribution in [3.05, 3.63) is 60.4 Å². The standard InChI is InChI=1S/C21H23FN2O4/c22-18-11-4-5-12-19(18)27-14-20(25)23-16-9-6-10-17(13-16)28-21(26)24-15-7-2-1-3-8-15/h1-5,7-8,11-12,16-17H,6,9-10,13-14H2,(H,23,25)(H,24,26)/t16-,17-/m0/s1. The molecule has 0 saturated heterocycles. The van der Waals surface area contributed by atoms with Crippen LogP contribution >= 0.6 is 0 Å². The number of hydrogen-bond donors (Lipinski definition) is 2. The molecule has 2 atom stereocenters. The van der Waals surface area contributed by atoms with Gasteiger partial charge in [0.25, 0.3) is 5.91 Å². The molecule has 0 bridgehead atoms. The first-order chi connectivity index (χ1) is 13.6. The molecule has 3 rings (SSSR count). The van der Waals surface area contributed by atoms with Gasteiger partial charge in [-0.3, -0.25) is 10.1 Å². The van der Waals surface area contributed by atoms with Gasteiger partial charge >= 0.3 is 6.09 Å². The summed E-state index contributed by atoms with van der Waals surface area (Å²) in [4.78, 5) is 24.1. The number of halogens is 1. The van der Waals surface area contributed by atoms with E-state index in [0.29, 0.717) is 12.1 Å². The Morgan fingerprint density at radius 3 is 2.57 bits per heavy atom. The zero-order valence-electron chi connectivity index (χ0n) is 15.4. The molecule has 0 heterocycles. The maximum Gasteiger partial charge on any atom is 0.411 e. The number of rotatable bonds is 6. The second-order valence-electron chi connectivity index (χ2n) is 6.67. The molecule has 1 aliphatic carbocycles. The van der Waals surface area contributed by atoms with E-state index in [0.717, 1.165) is 19.3 Å². The number of amides is 2. The van der Waals surface area contributed by atoms with Gasteiger partial charge in [-0.05, 0) is 43.5 Å². The van der Waals surface area contributed by atoms with Crippen LogP contribution in [-0.4, -0.2) is 30.8 Å². The molecule has 2 N–H and O–H groups in total. The van der Waals surface area contributed by atoms with E-state index in [1.165, 1.54) is 12.1 Å². The van der Waals surface area contributed by atoms with Crippen LogP contribution in [0.3, 0.4) is 0 Å². The molecule has 1 fully saturated rings. The van der Waals surface area contributed by atoms with Gasteiger partial charge in [-0.15, -0.1) is 0 Å². The highest BCUT2D eigenvalue weighted by Crippen LogP contribution is 2.22. The van der Waals surface area contributed by atoms with Gasteiger partial charge in [0.05, 0.1) is 0 Å². The Hall–Kier alpha value is -3.09. The lowest BCUT2D eigenvalue weighted by Gasteiger charge is -2.29. The largest absolute Gasteiger partial charge is 0.481 e.